The fraction of sp³-hybridized carbons (Fsp3) is 0.348. The highest BCUT2D eigenvalue weighted by Gasteiger charge is 2.34. The second-order valence-electron chi connectivity index (χ2n) is 7.00. The summed E-state index contributed by atoms with van der Waals surface area (Å²) in [5.74, 6) is 0.253. The fourth-order valence-corrected chi connectivity index (χ4v) is 3.30. The van der Waals surface area contributed by atoms with Gasteiger partial charge in [0, 0.05) is 6.04 Å². The van der Waals surface area contributed by atoms with Crippen LogP contribution in [-0.2, 0) is 9.59 Å². The zero-order chi connectivity index (χ0) is 21.5. The fourth-order valence-electron chi connectivity index (χ4n) is 3.30. The van der Waals surface area contributed by atoms with Crippen LogP contribution in [0.3, 0.4) is 0 Å². The van der Waals surface area contributed by atoms with E-state index in [0.29, 0.717) is 22.7 Å². The minimum absolute atomic E-state index is 0.0632. The average molecular weight is 407 g/mol. The number of carbonyl (C=O) groups excluding carboxylic acids is 2. The maximum Gasteiger partial charge on any atom is 0.265 e. The van der Waals surface area contributed by atoms with Crippen molar-refractivity contribution in [2.45, 2.75) is 38.8 Å². The molecule has 1 aliphatic heterocycles. The first-order valence-electron chi connectivity index (χ1n) is 10.1. The summed E-state index contributed by atoms with van der Waals surface area (Å²) in [6, 6.07) is 15.9. The number of nitrogens with zero attached hydrogens (tertiary/aromatic N) is 2. The van der Waals surface area contributed by atoms with Crippen LogP contribution < -0.4 is 19.7 Å². The monoisotopic (exact) mass is 407 g/mol. The van der Waals surface area contributed by atoms with Gasteiger partial charge in [-0.1, -0.05) is 38.1 Å². The third-order valence-corrected chi connectivity index (χ3v) is 5.06. The van der Waals surface area contributed by atoms with Crippen LogP contribution in [0.2, 0.25) is 0 Å². The summed E-state index contributed by atoms with van der Waals surface area (Å²) in [4.78, 5) is 27.2. The number of ether oxygens (including phenoxy) is 2. The van der Waals surface area contributed by atoms with Crippen LogP contribution in [0, 0.1) is 11.3 Å². The highest BCUT2D eigenvalue weighted by Crippen LogP contribution is 2.33. The molecule has 2 aromatic carbocycles. The normalized spacial score (nSPS) is 15.0. The van der Waals surface area contributed by atoms with Crippen molar-refractivity contribution in [2.24, 2.45) is 0 Å². The second kappa shape index (κ2) is 9.79. The summed E-state index contributed by atoms with van der Waals surface area (Å²) < 4.78 is 11.5. The van der Waals surface area contributed by atoms with Crippen LogP contribution >= 0.6 is 0 Å². The number of benzene rings is 2. The molecule has 7 nitrogen and oxygen atoms in total. The number of para-hydroxylation sites is 3. The number of hydrogen-bond acceptors (Lipinski definition) is 5. The van der Waals surface area contributed by atoms with Crippen LogP contribution in [0.4, 0.5) is 5.69 Å². The van der Waals surface area contributed by atoms with Gasteiger partial charge in [-0.3, -0.25) is 9.59 Å². The van der Waals surface area contributed by atoms with Crippen LogP contribution in [0.25, 0.3) is 0 Å². The minimum atomic E-state index is -0.809. The number of nitrogens with one attached hydrogen (secondary N) is 1. The third-order valence-electron chi connectivity index (χ3n) is 5.06. The molecule has 2 amide bonds. The molecule has 1 aliphatic rings. The lowest BCUT2D eigenvalue weighted by atomic mass is 10.1. The summed E-state index contributed by atoms with van der Waals surface area (Å²) >= 11 is 0. The van der Waals surface area contributed by atoms with Gasteiger partial charge >= 0.3 is 0 Å². The van der Waals surface area contributed by atoms with E-state index in [-0.39, 0.29) is 31.0 Å². The largest absolute Gasteiger partial charge is 0.482 e. The first-order chi connectivity index (χ1) is 14.6. The van der Waals surface area contributed by atoms with Gasteiger partial charge < -0.3 is 19.7 Å². The Labute approximate surface area is 176 Å². The number of anilines is 1. The van der Waals surface area contributed by atoms with E-state index in [1.807, 2.05) is 19.9 Å². The Bertz CT molecular complexity index is 949. The van der Waals surface area contributed by atoms with Gasteiger partial charge in [0.25, 0.3) is 11.8 Å². The van der Waals surface area contributed by atoms with Crippen molar-refractivity contribution in [3.8, 4) is 17.6 Å². The molecule has 1 unspecified atom stereocenters. The van der Waals surface area contributed by atoms with Crippen LogP contribution in [-0.4, -0.2) is 37.1 Å². The van der Waals surface area contributed by atoms with Crippen molar-refractivity contribution < 1.29 is 19.1 Å². The van der Waals surface area contributed by atoms with Crippen molar-refractivity contribution >= 4 is 17.5 Å². The van der Waals surface area contributed by atoms with E-state index in [9.17, 15) is 14.9 Å². The minimum Gasteiger partial charge on any atom is -0.482 e. The molecular weight excluding hydrogens is 382 g/mol. The third kappa shape index (κ3) is 4.71. The SMILES string of the molecule is CCC(CC)NC(=O)C1CN(C(=O)COc2ccccc2C#N)c2ccccc2O1. The van der Waals surface area contributed by atoms with E-state index in [2.05, 4.69) is 5.32 Å². The molecule has 0 saturated carbocycles. The number of amides is 2. The van der Waals surface area contributed by atoms with Gasteiger partial charge in [-0.05, 0) is 37.1 Å². The number of hydrogen-bond donors (Lipinski definition) is 1. The summed E-state index contributed by atoms with van der Waals surface area (Å²) in [5, 5.41) is 12.2. The Kier molecular flexibility index (Phi) is 6.91. The highest BCUT2D eigenvalue weighted by atomic mass is 16.5. The van der Waals surface area contributed by atoms with Gasteiger partial charge in [0.05, 0.1) is 17.8 Å². The van der Waals surface area contributed by atoms with Gasteiger partial charge in [-0.15, -0.1) is 0 Å². The molecule has 0 spiro atoms. The molecule has 0 aliphatic carbocycles. The molecule has 156 valence electrons. The number of rotatable bonds is 7. The summed E-state index contributed by atoms with van der Waals surface area (Å²) in [6.07, 6.45) is 0.830. The zero-order valence-electron chi connectivity index (χ0n) is 17.1. The van der Waals surface area contributed by atoms with Gasteiger partial charge in [-0.25, -0.2) is 0 Å². The topological polar surface area (TPSA) is 91.7 Å². The first kappa shape index (κ1) is 21.2. The molecule has 30 heavy (non-hydrogen) atoms. The lowest BCUT2D eigenvalue weighted by molar-refractivity contribution is -0.129. The molecule has 0 bridgehead atoms. The van der Waals surface area contributed by atoms with Gasteiger partial charge in [-0.2, -0.15) is 5.26 Å². The predicted molar refractivity (Wildman–Crippen MR) is 112 cm³/mol. The Morgan fingerprint density at radius 3 is 2.63 bits per heavy atom. The zero-order valence-corrected chi connectivity index (χ0v) is 17.1. The van der Waals surface area contributed by atoms with Crippen LogP contribution in [0.1, 0.15) is 32.3 Å². The van der Waals surface area contributed by atoms with Gasteiger partial charge in [0.15, 0.2) is 12.7 Å². The number of nitriles is 1. The second-order valence-corrected chi connectivity index (χ2v) is 7.00. The van der Waals surface area contributed by atoms with Crippen molar-refractivity contribution in [1.82, 2.24) is 5.32 Å². The maximum atomic E-state index is 13.0. The van der Waals surface area contributed by atoms with Crippen LogP contribution in [0.5, 0.6) is 11.5 Å². The predicted octanol–water partition coefficient (Wildman–Crippen LogP) is 3.04. The molecule has 0 saturated heterocycles. The Morgan fingerprint density at radius 2 is 1.90 bits per heavy atom. The first-order valence-corrected chi connectivity index (χ1v) is 10.1. The van der Waals surface area contributed by atoms with E-state index in [4.69, 9.17) is 9.47 Å². The van der Waals surface area contributed by atoms with E-state index in [1.165, 1.54) is 4.90 Å². The number of carbonyl (C=O) groups is 2. The molecular formula is C23H25N3O4. The number of fused-ring (bicyclic) bond motifs is 1. The standard InChI is InChI=1S/C23H25N3O4/c1-3-17(4-2)25-23(28)21-14-26(18-10-6-8-12-20(18)30-21)22(27)15-29-19-11-7-5-9-16(19)13-24/h5-12,17,21H,3-4,14-15H2,1-2H3,(H,25,28). The molecule has 3 rings (SSSR count). The smallest absolute Gasteiger partial charge is 0.265 e. The molecule has 7 heteroatoms. The molecule has 0 aromatic heterocycles. The molecule has 0 radical (unpaired) electrons. The lowest BCUT2D eigenvalue weighted by Gasteiger charge is -2.34. The summed E-state index contributed by atoms with van der Waals surface area (Å²) in [5.41, 5.74) is 0.946. The van der Waals surface area contributed by atoms with Crippen molar-refractivity contribution in [1.29, 1.82) is 5.26 Å². The van der Waals surface area contributed by atoms with E-state index in [1.54, 1.807) is 48.5 Å². The van der Waals surface area contributed by atoms with Crippen molar-refractivity contribution in [2.75, 3.05) is 18.1 Å². The van der Waals surface area contributed by atoms with Gasteiger partial charge in [0.2, 0.25) is 0 Å². The van der Waals surface area contributed by atoms with Crippen molar-refractivity contribution in [3.63, 3.8) is 0 Å². The Morgan fingerprint density at radius 1 is 1.20 bits per heavy atom. The Hall–Kier alpha value is -3.53. The maximum absolute atomic E-state index is 13.0. The van der Waals surface area contributed by atoms with Crippen LogP contribution in [0.15, 0.2) is 48.5 Å². The highest BCUT2D eigenvalue weighted by molar-refractivity contribution is 5.98. The van der Waals surface area contributed by atoms with E-state index in [0.717, 1.165) is 12.8 Å². The lowest BCUT2D eigenvalue weighted by Crippen LogP contribution is -2.53. The summed E-state index contributed by atoms with van der Waals surface area (Å²) in [6.45, 7) is 3.86. The molecule has 1 atom stereocenters. The molecule has 2 aromatic rings. The molecule has 1 N–H and O–H groups in total. The summed E-state index contributed by atoms with van der Waals surface area (Å²) in [7, 11) is 0. The Balaban J connectivity index is 1.76. The van der Waals surface area contributed by atoms with Crippen molar-refractivity contribution in [3.05, 3.63) is 54.1 Å². The van der Waals surface area contributed by atoms with E-state index < -0.39 is 6.10 Å². The molecule has 0 fully saturated rings. The quantitative estimate of drug-likeness (QED) is 0.762. The molecule has 1 heterocycles. The van der Waals surface area contributed by atoms with E-state index >= 15 is 0 Å². The van der Waals surface area contributed by atoms with Gasteiger partial charge in [0.1, 0.15) is 17.6 Å². The average Bonchev–Trinajstić information content (AvgIpc) is 2.80.